The van der Waals surface area contributed by atoms with Gasteiger partial charge in [0.15, 0.2) is 5.58 Å². The fourth-order valence-corrected chi connectivity index (χ4v) is 1.46. The number of nitrogens with zero attached hydrogens (tertiary/aromatic N) is 1. The van der Waals surface area contributed by atoms with Crippen molar-refractivity contribution < 1.29 is 7.16 Å². The van der Waals surface area contributed by atoms with Gasteiger partial charge in [-0.1, -0.05) is 30.3 Å². The lowest BCUT2D eigenvalue weighted by atomic mass is 10.2. The van der Waals surface area contributed by atoms with Crippen LogP contribution >= 0.6 is 0 Å². The van der Waals surface area contributed by atoms with Crippen molar-refractivity contribution in [3.63, 3.8) is 0 Å². The summed E-state index contributed by atoms with van der Waals surface area (Å²) in [5.41, 5.74) is 1.85. The molecule has 3 aromatic rings. The second kappa shape index (κ2) is 3.24. The molecule has 2 heteroatoms. The van der Waals surface area contributed by atoms with E-state index in [1.165, 1.54) is 0 Å². The van der Waals surface area contributed by atoms with Crippen LogP contribution in [0.2, 0.25) is 0 Å². The average Bonchev–Trinajstić information content (AvgIpc) is 2.71. The molecule has 0 aliphatic heterocycles. The molecule has 0 unspecified atom stereocenters. The van der Waals surface area contributed by atoms with Crippen LogP contribution in [-0.2, 0) is 0 Å². The first kappa shape index (κ1) is 6.40. The topological polar surface area (TPSA) is 26.0 Å². The molecular weight excluding hydrogens is 186 g/mol. The van der Waals surface area contributed by atoms with Crippen LogP contribution < -0.4 is 0 Å². The number of hydrogen-bond acceptors (Lipinski definition) is 2. The van der Waals surface area contributed by atoms with Gasteiger partial charge in [-0.05, 0) is 24.2 Å². The number of benzene rings is 2. The fraction of sp³-hybridized carbons (Fsp3) is 0. The van der Waals surface area contributed by atoms with Crippen molar-refractivity contribution in [1.29, 1.82) is 0 Å². The summed E-state index contributed by atoms with van der Waals surface area (Å²) in [7, 11) is 0. The molecule has 0 atom stereocenters. The third-order valence-electron chi connectivity index (χ3n) is 2.16. The number of rotatable bonds is 1. The van der Waals surface area contributed by atoms with Crippen molar-refractivity contribution in [2.45, 2.75) is 0 Å². The van der Waals surface area contributed by atoms with Crippen molar-refractivity contribution in [1.82, 2.24) is 4.98 Å². The fourth-order valence-electron chi connectivity index (χ4n) is 1.46. The molecule has 0 radical (unpaired) electrons. The van der Waals surface area contributed by atoms with Crippen molar-refractivity contribution in [3.8, 4) is 11.5 Å². The smallest absolute Gasteiger partial charge is 0.227 e. The maximum Gasteiger partial charge on any atom is 0.227 e. The minimum atomic E-state index is 0.254. The van der Waals surface area contributed by atoms with Crippen molar-refractivity contribution in [2.24, 2.45) is 0 Å². The average molecular weight is 197 g/mol. The highest BCUT2D eigenvalue weighted by atomic mass is 16.3. The molecule has 1 aromatic heterocycles. The Morgan fingerprint density at radius 3 is 2.60 bits per heavy atom. The molecule has 3 rings (SSSR count). The van der Waals surface area contributed by atoms with E-state index in [1.807, 2.05) is 24.3 Å². The summed E-state index contributed by atoms with van der Waals surface area (Å²) in [5, 5.41) is 0. The van der Waals surface area contributed by atoms with E-state index < -0.39 is 0 Å². The largest absolute Gasteiger partial charge is 0.436 e. The summed E-state index contributed by atoms with van der Waals surface area (Å²) in [6, 6.07) is 12.9. The standard InChI is InChI=1S/C13H9NO/c1-2-6-10(7-3-1)13-14-11-8-4-5-9-12(11)15-13/h1-9H/i6D,7D. The van der Waals surface area contributed by atoms with E-state index in [4.69, 9.17) is 7.16 Å². The molecule has 2 nitrogen and oxygen atoms in total. The summed E-state index contributed by atoms with van der Waals surface area (Å²) >= 11 is 0. The van der Waals surface area contributed by atoms with E-state index in [0.29, 0.717) is 17.0 Å². The first-order chi connectivity index (χ1) is 8.25. The highest BCUT2D eigenvalue weighted by molar-refractivity contribution is 5.75. The van der Waals surface area contributed by atoms with Crippen LogP contribution in [0.25, 0.3) is 22.6 Å². The first-order valence-corrected chi connectivity index (χ1v) is 4.68. The number of hydrogen-bond donors (Lipinski definition) is 0. The molecule has 0 aliphatic rings. The Labute approximate surface area is 90.0 Å². The highest BCUT2D eigenvalue weighted by Crippen LogP contribution is 2.23. The maximum absolute atomic E-state index is 7.80. The van der Waals surface area contributed by atoms with Crippen LogP contribution in [0.1, 0.15) is 2.74 Å². The molecule has 0 amide bonds. The molecule has 0 fully saturated rings. The first-order valence-electron chi connectivity index (χ1n) is 5.68. The van der Waals surface area contributed by atoms with E-state index in [1.54, 1.807) is 18.2 Å². The van der Waals surface area contributed by atoms with E-state index in [-0.39, 0.29) is 12.1 Å². The molecule has 0 bridgehead atoms. The van der Waals surface area contributed by atoms with Crippen molar-refractivity contribution >= 4 is 11.1 Å². The molecule has 0 saturated carbocycles. The molecule has 0 spiro atoms. The van der Waals surface area contributed by atoms with Crippen LogP contribution in [0.3, 0.4) is 0 Å². The van der Waals surface area contributed by atoms with Gasteiger partial charge in [0.2, 0.25) is 5.89 Å². The Morgan fingerprint density at radius 1 is 1.00 bits per heavy atom. The number of fused-ring (bicyclic) bond motifs is 1. The summed E-state index contributed by atoms with van der Waals surface area (Å²) in [5.74, 6) is 0.335. The van der Waals surface area contributed by atoms with Crippen LogP contribution in [0.4, 0.5) is 0 Å². The van der Waals surface area contributed by atoms with Crippen LogP contribution in [0, 0.1) is 0 Å². The molecule has 1 heterocycles. The van der Waals surface area contributed by atoms with Gasteiger partial charge in [-0.25, -0.2) is 4.98 Å². The van der Waals surface area contributed by atoms with Gasteiger partial charge >= 0.3 is 0 Å². The van der Waals surface area contributed by atoms with Crippen molar-refractivity contribution in [3.05, 3.63) is 54.5 Å². The van der Waals surface area contributed by atoms with E-state index >= 15 is 0 Å². The van der Waals surface area contributed by atoms with Gasteiger partial charge in [-0.3, -0.25) is 0 Å². The second-order valence-corrected chi connectivity index (χ2v) is 3.18. The maximum atomic E-state index is 7.80. The summed E-state index contributed by atoms with van der Waals surface area (Å²) in [4.78, 5) is 4.30. The predicted molar refractivity (Wildman–Crippen MR) is 59.4 cm³/mol. The molecule has 72 valence electrons. The zero-order valence-corrected chi connectivity index (χ0v) is 7.90. The molecule has 0 N–H and O–H groups in total. The third kappa shape index (κ3) is 1.40. The van der Waals surface area contributed by atoms with Gasteiger partial charge in [0.25, 0.3) is 0 Å². The normalized spacial score (nSPS) is 12.5. The Morgan fingerprint density at radius 2 is 1.80 bits per heavy atom. The summed E-state index contributed by atoms with van der Waals surface area (Å²) in [6.07, 6.45) is 0. The number of aromatic nitrogens is 1. The SMILES string of the molecule is [2H]c1cccc([2H])c1-c1nc2ccccc2o1. The Balaban J connectivity index is 2.27. The number of para-hydroxylation sites is 2. The van der Waals surface area contributed by atoms with Crippen LogP contribution in [-0.4, -0.2) is 4.98 Å². The van der Waals surface area contributed by atoms with Gasteiger partial charge in [-0.2, -0.15) is 0 Å². The van der Waals surface area contributed by atoms with E-state index in [9.17, 15) is 0 Å². The Hall–Kier alpha value is -2.09. The van der Waals surface area contributed by atoms with Gasteiger partial charge in [0, 0.05) is 5.56 Å². The van der Waals surface area contributed by atoms with Crippen LogP contribution in [0.5, 0.6) is 0 Å². The van der Waals surface area contributed by atoms with Gasteiger partial charge in [0.1, 0.15) is 5.52 Å². The minimum Gasteiger partial charge on any atom is -0.436 e. The molecule has 0 aliphatic carbocycles. The highest BCUT2D eigenvalue weighted by Gasteiger charge is 2.05. The predicted octanol–water partition coefficient (Wildman–Crippen LogP) is 3.49. The quantitative estimate of drug-likeness (QED) is 0.596. The molecule has 15 heavy (non-hydrogen) atoms. The zero-order valence-electron chi connectivity index (χ0n) is 9.90. The number of oxazole rings is 1. The summed E-state index contributed by atoms with van der Waals surface area (Å²) in [6.45, 7) is 0. The summed E-state index contributed by atoms with van der Waals surface area (Å²) < 4.78 is 21.2. The minimum absolute atomic E-state index is 0.254. The Bertz CT molecular complexity index is 637. The monoisotopic (exact) mass is 197 g/mol. The molecule has 0 saturated heterocycles. The lowest BCUT2D eigenvalue weighted by Crippen LogP contribution is -1.74. The van der Waals surface area contributed by atoms with Crippen LogP contribution in [0.15, 0.2) is 59.0 Å². The van der Waals surface area contributed by atoms with E-state index in [0.717, 1.165) is 5.52 Å². The van der Waals surface area contributed by atoms with Crippen molar-refractivity contribution in [2.75, 3.05) is 0 Å². The van der Waals surface area contributed by atoms with E-state index in [2.05, 4.69) is 4.98 Å². The van der Waals surface area contributed by atoms with Gasteiger partial charge < -0.3 is 4.42 Å². The molecule has 2 aromatic carbocycles. The third-order valence-corrected chi connectivity index (χ3v) is 2.16. The zero-order chi connectivity index (χ0) is 11.8. The van der Waals surface area contributed by atoms with Gasteiger partial charge in [0.05, 0.1) is 2.74 Å². The van der Waals surface area contributed by atoms with Gasteiger partial charge in [-0.15, -0.1) is 0 Å². The molecular formula is C13H9NO. The lowest BCUT2D eigenvalue weighted by Gasteiger charge is -1.91. The second-order valence-electron chi connectivity index (χ2n) is 3.18. The Kier molecular flexibility index (Phi) is 1.38. The lowest BCUT2D eigenvalue weighted by molar-refractivity contribution is 0.620.